The Balaban J connectivity index is 1.73. The third-order valence-electron chi connectivity index (χ3n) is 3.33. The molecule has 1 aliphatic rings. The molecule has 0 amide bonds. The van der Waals surface area contributed by atoms with Gasteiger partial charge in [-0.15, -0.1) is 0 Å². The van der Waals surface area contributed by atoms with Gasteiger partial charge in [0.1, 0.15) is 6.61 Å². The number of benzene rings is 1. The smallest absolute Gasteiger partial charge is 0.335 e. The molecule has 0 aromatic heterocycles. The van der Waals surface area contributed by atoms with Crippen molar-refractivity contribution in [3.8, 4) is 6.07 Å². The number of esters is 1. The Morgan fingerprint density at radius 2 is 2.43 bits per heavy atom. The van der Waals surface area contributed by atoms with Crippen LogP contribution in [-0.2, 0) is 25.6 Å². The topological polar surface area (TPSA) is 68.6 Å². The Morgan fingerprint density at radius 1 is 1.57 bits per heavy atom. The van der Waals surface area contributed by atoms with Gasteiger partial charge in [-0.1, -0.05) is 12.1 Å². The summed E-state index contributed by atoms with van der Waals surface area (Å²) in [6.07, 6.45) is 1.49. The Labute approximate surface area is 124 Å². The first kappa shape index (κ1) is 15.5. The van der Waals surface area contributed by atoms with Crippen LogP contribution in [0.15, 0.2) is 24.3 Å². The van der Waals surface area contributed by atoms with Gasteiger partial charge < -0.3 is 14.2 Å². The third kappa shape index (κ3) is 4.85. The minimum atomic E-state index is -0.617. The SMILES string of the molecule is CC(OCC1CCCO1)C(=O)OCc1cccc(C#N)c1. The molecule has 1 heterocycles. The highest BCUT2D eigenvalue weighted by Gasteiger charge is 2.20. The molecule has 0 N–H and O–H groups in total. The maximum Gasteiger partial charge on any atom is 0.335 e. The molecule has 2 rings (SSSR count). The van der Waals surface area contributed by atoms with Gasteiger partial charge in [-0.05, 0) is 37.5 Å². The second kappa shape index (κ2) is 7.77. The minimum absolute atomic E-state index is 0.0903. The Bertz CT molecular complexity index is 517. The molecule has 5 nitrogen and oxygen atoms in total. The standard InChI is InChI=1S/C16H19NO4/c1-12(20-11-15-6-3-7-19-15)16(18)21-10-14-5-2-4-13(8-14)9-17/h2,4-5,8,12,15H,3,6-7,10-11H2,1H3. The zero-order valence-electron chi connectivity index (χ0n) is 12.1. The van der Waals surface area contributed by atoms with Gasteiger partial charge in [0.25, 0.3) is 0 Å². The highest BCUT2D eigenvalue weighted by atomic mass is 16.6. The molecule has 21 heavy (non-hydrogen) atoms. The number of carbonyl (C=O) groups excluding carboxylic acids is 1. The van der Waals surface area contributed by atoms with Crippen molar-refractivity contribution >= 4 is 5.97 Å². The van der Waals surface area contributed by atoms with Crippen molar-refractivity contribution in [3.05, 3.63) is 35.4 Å². The van der Waals surface area contributed by atoms with Gasteiger partial charge in [-0.25, -0.2) is 4.79 Å². The second-order valence-electron chi connectivity index (χ2n) is 5.03. The molecule has 2 unspecified atom stereocenters. The fraction of sp³-hybridized carbons (Fsp3) is 0.500. The lowest BCUT2D eigenvalue weighted by Crippen LogP contribution is -2.27. The van der Waals surface area contributed by atoms with E-state index in [1.165, 1.54) is 0 Å². The van der Waals surface area contributed by atoms with Gasteiger partial charge in [0.15, 0.2) is 6.10 Å². The monoisotopic (exact) mass is 289 g/mol. The summed E-state index contributed by atoms with van der Waals surface area (Å²) in [5.41, 5.74) is 1.33. The van der Waals surface area contributed by atoms with E-state index in [0.29, 0.717) is 12.2 Å². The van der Waals surface area contributed by atoms with Gasteiger partial charge in [-0.2, -0.15) is 5.26 Å². The van der Waals surface area contributed by atoms with Crippen LogP contribution in [0.2, 0.25) is 0 Å². The van der Waals surface area contributed by atoms with Crippen LogP contribution < -0.4 is 0 Å². The number of hydrogen-bond acceptors (Lipinski definition) is 5. The molecule has 0 aliphatic carbocycles. The summed E-state index contributed by atoms with van der Waals surface area (Å²) >= 11 is 0. The first-order chi connectivity index (χ1) is 10.2. The maximum absolute atomic E-state index is 11.8. The number of rotatable bonds is 6. The maximum atomic E-state index is 11.8. The molecular formula is C16H19NO4. The highest BCUT2D eigenvalue weighted by Crippen LogP contribution is 2.13. The number of nitriles is 1. The lowest BCUT2D eigenvalue weighted by Gasteiger charge is -2.15. The Kier molecular flexibility index (Phi) is 5.73. The number of nitrogens with zero attached hydrogens (tertiary/aromatic N) is 1. The van der Waals surface area contributed by atoms with Crippen LogP contribution in [0.25, 0.3) is 0 Å². The summed E-state index contributed by atoms with van der Waals surface area (Å²) in [7, 11) is 0. The van der Waals surface area contributed by atoms with E-state index in [0.717, 1.165) is 25.0 Å². The predicted octanol–water partition coefficient (Wildman–Crippen LogP) is 2.19. The molecule has 5 heteroatoms. The van der Waals surface area contributed by atoms with Crippen molar-refractivity contribution in [2.75, 3.05) is 13.2 Å². The van der Waals surface area contributed by atoms with Gasteiger partial charge in [0.2, 0.25) is 0 Å². The van der Waals surface area contributed by atoms with Crippen molar-refractivity contribution in [3.63, 3.8) is 0 Å². The van der Waals surface area contributed by atoms with Crippen LogP contribution in [0, 0.1) is 11.3 Å². The lowest BCUT2D eigenvalue weighted by atomic mass is 10.1. The molecular weight excluding hydrogens is 270 g/mol. The van der Waals surface area contributed by atoms with E-state index in [-0.39, 0.29) is 12.7 Å². The van der Waals surface area contributed by atoms with E-state index < -0.39 is 12.1 Å². The summed E-state index contributed by atoms with van der Waals surface area (Å²) in [6.45, 7) is 2.99. The van der Waals surface area contributed by atoms with E-state index >= 15 is 0 Å². The molecule has 0 saturated carbocycles. The van der Waals surface area contributed by atoms with Crippen molar-refractivity contribution in [2.24, 2.45) is 0 Å². The minimum Gasteiger partial charge on any atom is -0.459 e. The number of hydrogen-bond donors (Lipinski definition) is 0. The van der Waals surface area contributed by atoms with Crippen molar-refractivity contribution in [1.82, 2.24) is 0 Å². The summed E-state index contributed by atoms with van der Waals surface area (Å²) in [5.74, 6) is -0.407. The van der Waals surface area contributed by atoms with Crippen molar-refractivity contribution in [2.45, 2.75) is 38.6 Å². The Morgan fingerprint density at radius 3 is 3.14 bits per heavy atom. The normalized spacial score (nSPS) is 19.0. The van der Waals surface area contributed by atoms with E-state index in [1.807, 2.05) is 6.07 Å². The fourth-order valence-corrected chi connectivity index (χ4v) is 2.10. The summed E-state index contributed by atoms with van der Waals surface area (Å²) in [6, 6.07) is 9.03. The molecule has 1 aromatic carbocycles. The van der Waals surface area contributed by atoms with Crippen LogP contribution in [0.1, 0.15) is 30.9 Å². The van der Waals surface area contributed by atoms with Gasteiger partial charge in [-0.3, -0.25) is 0 Å². The van der Waals surface area contributed by atoms with Crippen LogP contribution in [0.4, 0.5) is 0 Å². The van der Waals surface area contributed by atoms with Crippen LogP contribution in [0.3, 0.4) is 0 Å². The molecule has 1 saturated heterocycles. The van der Waals surface area contributed by atoms with Crippen LogP contribution in [0.5, 0.6) is 0 Å². The summed E-state index contributed by atoms with van der Waals surface area (Å²) < 4.78 is 16.1. The van der Waals surface area contributed by atoms with E-state index in [9.17, 15) is 4.79 Å². The van der Waals surface area contributed by atoms with Crippen molar-refractivity contribution < 1.29 is 19.0 Å². The van der Waals surface area contributed by atoms with E-state index in [1.54, 1.807) is 25.1 Å². The lowest BCUT2D eigenvalue weighted by molar-refractivity contribution is -0.159. The molecule has 0 bridgehead atoms. The van der Waals surface area contributed by atoms with Gasteiger partial charge in [0, 0.05) is 6.61 Å². The third-order valence-corrected chi connectivity index (χ3v) is 3.33. The molecule has 1 fully saturated rings. The number of ether oxygens (including phenoxy) is 3. The zero-order valence-corrected chi connectivity index (χ0v) is 12.1. The quantitative estimate of drug-likeness (QED) is 0.751. The number of carbonyl (C=O) groups is 1. The first-order valence-electron chi connectivity index (χ1n) is 7.08. The predicted molar refractivity (Wildman–Crippen MR) is 75.3 cm³/mol. The molecule has 0 spiro atoms. The largest absolute Gasteiger partial charge is 0.459 e. The van der Waals surface area contributed by atoms with Crippen molar-refractivity contribution in [1.29, 1.82) is 5.26 Å². The average molecular weight is 289 g/mol. The average Bonchev–Trinajstić information content (AvgIpc) is 3.03. The Hall–Kier alpha value is -1.90. The summed E-state index contributed by atoms with van der Waals surface area (Å²) in [5, 5.41) is 8.81. The first-order valence-corrected chi connectivity index (χ1v) is 7.08. The van der Waals surface area contributed by atoms with E-state index in [4.69, 9.17) is 19.5 Å². The molecule has 1 aromatic rings. The molecule has 2 atom stereocenters. The molecule has 0 radical (unpaired) electrons. The molecule has 112 valence electrons. The highest BCUT2D eigenvalue weighted by molar-refractivity contribution is 5.74. The van der Waals surface area contributed by atoms with Gasteiger partial charge in [0.05, 0.1) is 24.3 Å². The summed E-state index contributed by atoms with van der Waals surface area (Å²) in [4.78, 5) is 11.8. The fourth-order valence-electron chi connectivity index (χ4n) is 2.10. The molecule has 1 aliphatic heterocycles. The van der Waals surface area contributed by atoms with Gasteiger partial charge >= 0.3 is 5.97 Å². The zero-order chi connectivity index (χ0) is 15.1. The van der Waals surface area contributed by atoms with Crippen LogP contribution in [-0.4, -0.2) is 31.4 Å². The van der Waals surface area contributed by atoms with E-state index in [2.05, 4.69) is 6.07 Å². The van der Waals surface area contributed by atoms with Crippen LogP contribution >= 0.6 is 0 Å². The second-order valence-corrected chi connectivity index (χ2v) is 5.03.